The number of rotatable bonds is 4. The predicted molar refractivity (Wildman–Crippen MR) is 73.5 cm³/mol. The molecule has 0 spiro atoms. The Morgan fingerprint density at radius 1 is 0.682 bits per heavy atom. The third-order valence-corrected chi connectivity index (χ3v) is 3.00. The Hall–Kier alpha value is -2.18. The Morgan fingerprint density at radius 3 is 1.41 bits per heavy atom. The van der Waals surface area contributed by atoms with Gasteiger partial charge in [-0.05, 0) is 48.5 Å². The highest BCUT2D eigenvalue weighted by molar-refractivity contribution is 5.23. The zero-order valence-corrected chi connectivity index (χ0v) is 11.6. The van der Waals surface area contributed by atoms with Crippen LogP contribution in [-0.4, -0.2) is 25.8 Å². The molecular weight excluding hydrogens is 294 g/mol. The molecular formula is C16H14F2O4. The lowest BCUT2D eigenvalue weighted by molar-refractivity contribution is -0.271. The normalized spacial score (nSPS) is 21.4. The lowest BCUT2D eigenvalue weighted by atomic mass is 10.3. The van der Waals surface area contributed by atoms with Gasteiger partial charge < -0.3 is 18.9 Å². The van der Waals surface area contributed by atoms with E-state index in [-0.39, 0.29) is 11.6 Å². The molecule has 1 aliphatic heterocycles. The molecule has 0 radical (unpaired) electrons. The van der Waals surface area contributed by atoms with E-state index in [0.717, 1.165) is 0 Å². The maximum atomic E-state index is 12.9. The van der Waals surface area contributed by atoms with E-state index < -0.39 is 12.6 Å². The summed E-state index contributed by atoms with van der Waals surface area (Å²) in [7, 11) is 0. The van der Waals surface area contributed by atoms with E-state index in [2.05, 4.69) is 0 Å². The second-order valence-electron chi connectivity index (χ2n) is 4.62. The molecule has 0 aliphatic carbocycles. The van der Waals surface area contributed by atoms with Crippen LogP contribution in [0.25, 0.3) is 0 Å². The molecule has 3 rings (SSSR count). The van der Waals surface area contributed by atoms with Crippen molar-refractivity contribution >= 4 is 0 Å². The van der Waals surface area contributed by atoms with Crippen LogP contribution in [0.3, 0.4) is 0 Å². The Balaban J connectivity index is 1.68. The van der Waals surface area contributed by atoms with Gasteiger partial charge in [-0.15, -0.1) is 0 Å². The molecule has 0 unspecified atom stereocenters. The third kappa shape index (κ3) is 3.72. The smallest absolute Gasteiger partial charge is 0.263 e. The molecule has 0 saturated carbocycles. The monoisotopic (exact) mass is 308 g/mol. The number of ether oxygens (including phenoxy) is 4. The molecule has 0 N–H and O–H groups in total. The molecule has 0 bridgehead atoms. The van der Waals surface area contributed by atoms with E-state index in [1.807, 2.05) is 0 Å². The van der Waals surface area contributed by atoms with Crippen LogP contribution in [0.15, 0.2) is 48.5 Å². The molecule has 116 valence electrons. The van der Waals surface area contributed by atoms with Gasteiger partial charge in [-0.2, -0.15) is 0 Å². The molecule has 4 nitrogen and oxygen atoms in total. The molecule has 2 aromatic rings. The summed E-state index contributed by atoms with van der Waals surface area (Å²) in [5.74, 6) is 0.161. The van der Waals surface area contributed by atoms with Crippen LogP contribution < -0.4 is 9.47 Å². The third-order valence-electron chi connectivity index (χ3n) is 3.00. The van der Waals surface area contributed by atoms with Crippen molar-refractivity contribution in [3.05, 3.63) is 60.2 Å². The van der Waals surface area contributed by atoms with Crippen molar-refractivity contribution in [3.63, 3.8) is 0 Å². The van der Waals surface area contributed by atoms with Gasteiger partial charge in [0.1, 0.15) is 23.1 Å². The first-order valence-corrected chi connectivity index (χ1v) is 6.78. The van der Waals surface area contributed by atoms with Crippen molar-refractivity contribution in [2.45, 2.75) is 12.6 Å². The van der Waals surface area contributed by atoms with E-state index in [1.54, 1.807) is 0 Å². The van der Waals surface area contributed by atoms with Crippen LogP contribution >= 0.6 is 0 Å². The summed E-state index contributed by atoms with van der Waals surface area (Å²) in [5, 5.41) is 0. The van der Waals surface area contributed by atoms with Gasteiger partial charge in [0.15, 0.2) is 0 Å². The molecule has 0 aromatic heterocycles. The summed E-state index contributed by atoms with van der Waals surface area (Å²) in [6.45, 7) is 0.713. The average molecular weight is 308 g/mol. The van der Waals surface area contributed by atoms with Gasteiger partial charge in [0, 0.05) is 0 Å². The van der Waals surface area contributed by atoms with Crippen LogP contribution in [0.5, 0.6) is 11.5 Å². The molecule has 1 saturated heterocycles. The van der Waals surface area contributed by atoms with Gasteiger partial charge >= 0.3 is 0 Å². The largest absolute Gasteiger partial charge is 0.458 e. The molecule has 1 aliphatic rings. The Labute approximate surface area is 126 Å². The minimum Gasteiger partial charge on any atom is -0.458 e. The summed E-state index contributed by atoms with van der Waals surface area (Å²) < 4.78 is 48.0. The summed E-state index contributed by atoms with van der Waals surface area (Å²) in [6.07, 6.45) is -1.60. The number of hydrogen-bond acceptors (Lipinski definition) is 4. The van der Waals surface area contributed by atoms with Gasteiger partial charge in [-0.1, -0.05) is 0 Å². The summed E-state index contributed by atoms with van der Waals surface area (Å²) in [4.78, 5) is 0. The van der Waals surface area contributed by atoms with Crippen LogP contribution in [0.2, 0.25) is 0 Å². The topological polar surface area (TPSA) is 36.9 Å². The van der Waals surface area contributed by atoms with E-state index in [1.165, 1.54) is 48.5 Å². The van der Waals surface area contributed by atoms with E-state index in [9.17, 15) is 8.78 Å². The van der Waals surface area contributed by atoms with E-state index in [4.69, 9.17) is 18.9 Å². The highest BCUT2D eigenvalue weighted by Gasteiger charge is 2.31. The molecule has 2 aromatic carbocycles. The van der Waals surface area contributed by atoms with Crippen LogP contribution in [0.4, 0.5) is 8.78 Å². The molecule has 0 amide bonds. The maximum absolute atomic E-state index is 12.9. The standard InChI is InChI=1S/C16H14F2O4/c17-11-1-5-13(6-2-11)21-15-16(20-10-9-19-15)22-14-7-3-12(18)4-8-14/h1-8,15-16H,9-10H2/t15-,16+. The van der Waals surface area contributed by atoms with E-state index >= 15 is 0 Å². The van der Waals surface area contributed by atoms with E-state index in [0.29, 0.717) is 24.7 Å². The fourth-order valence-electron chi connectivity index (χ4n) is 1.96. The van der Waals surface area contributed by atoms with Crippen molar-refractivity contribution < 1.29 is 27.7 Å². The van der Waals surface area contributed by atoms with Crippen LogP contribution in [0.1, 0.15) is 0 Å². The minimum atomic E-state index is -0.802. The van der Waals surface area contributed by atoms with Gasteiger partial charge in [0.2, 0.25) is 0 Å². The highest BCUT2D eigenvalue weighted by Crippen LogP contribution is 2.21. The fourth-order valence-corrected chi connectivity index (χ4v) is 1.96. The van der Waals surface area contributed by atoms with Crippen molar-refractivity contribution in [3.8, 4) is 11.5 Å². The van der Waals surface area contributed by atoms with Crippen molar-refractivity contribution in [2.75, 3.05) is 13.2 Å². The predicted octanol–water partition coefficient (Wildman–Crippen LogP) is 3.12. The molecule has 22 heavy (non-hydrogen) atoms. The second-order valence-corrected chi connectivity index (χ2v) is 4.62. The number of halogens is 2. The zero-order chi connectivity index (χ0) is 15.4. The Bertz CT molecular complexity index is 545. The highest BCUT2D eigenvalue weighted by atomic mass is 19.1. The first kappa shape index (κ1) is 14.7. The van der Waals surface area contributed by atoms with Crippen LogP contribution in [-0.2, 0) is 9.47 Å². The molecule has 1 fully saturated rings. The van der Waals surface area contributed by atoms with Crippen molar-refractivity contribution in [1.82, 2.24) is 0 Å². The first-order valence-electron chi connectivity index (χ1n) is 6.78. The van der Waals surface area contributed by atoms with Crippen LogP contribution in [0, 0.1) is 11.6 Å². The van der Waals surface area contributed by atoms with Gasteiger partial charge in [0.05, 0.1) is 13.2 Å². The zero-order valence-electron chi connectivity index (χ0n) is 11.6. The van der Waals surface area contributed by atoms with Crippen molar-refractivity contribution in [2.24, 2.45) is 0 Å². The summed E-state index contributed by atoms with van der Waals surface area (Å²) >= 11 is 0. The fraction of sp³-hybridized carbons (Fsp3) is 0.250. The average Bonchev–Trinajstić information content (AvgIpc) is 2.54. The first-order chi connectivity index (χ1) is 10.7. The minimum absolute atomic E-state index is 0.354. The summed E-state index contributed by atoms with van der Waals surface area (Å²) in [6, 6.07) is 11.1. The lowest BCUT2D eigenvalue weighted by Gasteiger charge is -2.31. The maximum Gasteiger partial charge on any atom is 0.263 e. The van der Waals surface area contributed by atoms with Crippen molar-refractivity contribution in [1.29, 1.82) is 0 Å². The molecule has 2 atom stereocenters. The van der Waals surface area contributed by atoms with Gasteiger partial charge in [-0.3, -0.25) is 0 Å². The Kier molecular flexibility index (Phi) is 4.50. The molecule has 1 heterocycles. The quantitative estimate of drug-likeness (QED) is 0.869. The van der Waals surface area contributed by atoms with Gasteiger partial charge in [-0.25, -0.2) is 8.78 Å². The summed E-state index contributed by atoms with van der Waals surface area (Å²) in [5.41, 5.74) is 0. The lowest BCUT2D eigenvalue weighted by Crippen LogP contribution is -2.45. The SMILES string of the molecule is Fc1ccc(O[C@H]2OCCO[C@H]2Oc2ccc(F)cc2)cc1. The second kappa shape index (κ2) is 6.72. The number of hydrogen-bond donors (Lipinski definition) is 0. The Morgan fingerprint density at radius 2 is 1.05 bits per heavy atom. The van der Waals surface area contributed by atoms with Gasteiger partial charge in [0.25, 0.3) is 12.6 Å². The molecule has 6 heteroatoms. The number of benzene rings is 2.